The molecule has 1 fully saturated rings. The monoisotopic (exact) mass is 858 g/mol. The average Bonchev–Trinajstić information content (AvgIpc) is 3.35. The van der Waals surface area contributed by atoms with Crippen molar-refractivity contribution in [2.75, 3.05) is 0 Å². The third-order valence-corrected chi connectivity index (χ3v) is 33.2. The number of hydrogen-bond acceptors (Lipinski definition) is 4. The molecule has 55 heavy (non-hydrogen) atoms. The van der Waals surface area contributed by atoms with Crippen LogP contribution < -0.4 is 9.47 Å². The Morgan fingerprint density at radius 3 is 1.22 bits per heavy atom. The summed E-state index contributed by atoms with van der Waals surface area (Å²) in [7, 11) is 0.500. The van der Waals surface area contributed by atoms with Crippen LogP contribution in [-0.2, 0) is 41.5 Å². The van der Waals surface area contributed by atoms with E-state index in [1.54, 1.807) is 0 Å². The van der Waals surface area contributed by atoms with Crippen LogP contribution in [0.5, 0.6) is 34.5 Å². The first-order chi connectivity index (χ1) is 25.8. The molecular weight excluding hydrogens is 796 g/mol. The number of ether oxygens (including phenoxy) is 2. The minimum atomic E-state index is -0.952. The maximum atomic E-state index is 12.0. The number of phenolic OH excluding ortho intramolecular Hbond substituents is 2. The van der Waals surface area contributed by atoms with Crippen LogP contribution >= 0.6 is 14.2 Å². The van der Waals surface area contributed by atoms with Crippen LogP contribution in [0.25, 0.3) is 0 Å². The number of phenols is 2. The molecule has 0 amide bonds. The van der Waals surface area contributed by atoms with Crippen molar-refractivity contribution in [3.05, 3.63) is 104 Å². The zero-order chi connectivity index (χ0) is 40.0. The van der Waals surface area contributed by atoms with E-state index in [0.29, 0.717) is 33.5 Å². The summed E-state index contributed by atoms with van der Waals surface area (Å²) >= 11 is -0.952. The first kappa shape index (κ1) is 42.3. The molecule has 4 nitrogen and oxygen atoms in total. The van der Waals surface area contributed by atoms with Gasteiger partial charge in [0.15, 0.2) is 0 Å². The van der Waals surface area contributed by atoms with Gasteiger partial charge in [-0.25, -0.2) is 0 Å². The van der Waals surface area contributed by atoms with E-state index in [4.69, 9.17) is 9.47 Å². The van der Waals surface area contributed by atoms with Gasteiger partial charge < -0.3 is 0 Å². The third kappa shape index (κ3) is 9.69. The topological polar surface area (TPSA) is 58.9 Å². The molecule has 0 saturated heterocycles. The summed E-state index contributed by atoms with van der Waals surface area (Å²) in [6.07, 6.45) is 7.82. The zero-order valence-corrected chi connectivity index (χ0v) is 39.5. The fraction of sp³-hybridized carbons (Fsp3) is 0.500. The number of aromatic hydroxyl groups is 2. The van der Waals surface area contributed by atoms with Crippen LogP contribution in [-0.4, -0.2) is 20.7 Å². The van der Waals surface area contributed by atoms with E-state index in [0.717, 1.165) is 56.4 Å². The van der Waals surface area contributed by atoms with Gasteiger partial charge in [-0.2, -0.15) is 0 Å². The maximum absolute atomic E-state index is 12.0. The van der Waals surface area contributed by atoms with Crippen molar-refractivity contribution >= 4 is 14.2 Å². The molecule has 1 heterocycles. The van der Waals surface area contributed by atoms with E-state index in [-0.39, 0.29) is 25.1 Å². The molecule has 1 aliphatic heterocycles. The van der Waals surface area contributed by atoms with Gasteiger partial charge in [-0.1, -0.05) is 0 Å². The normalized spacial score (nSPS) is 20.2. The fourth-order valence-electron chi connectivity index (χ4n) is 8.38. The first-order valence-electron chi connectivity index (χ1n) is 20.2. The van der Waals surface area contributed by atoms with Gasteiger partial charge in [0, 0.05) is 0 Å². The molecule has 0 bridgehead atoms. The Hall–Kier alpha value is -2.34. The van der Waals surface area contributed by atoms with E-state index < -0.39 is 19.2 Å². The van der Waals surface area contributed by atoms with Crippen molar-refractivity contribution in [1.82, 2.24) is 0 Å². The van der Waals surface area contributed by atoms with Gasteiger partial charge in [0.2, 0.25) is 0 Å². The van der Waals surface area contributed by atoms with Gasteiger partial charge in [0.05, 0.1) is 0 Å². The molecule has 0 spiro atoms. The Kier molecular flexibility index (Phi) is 13.0. The predicted molar refractivity (Wildman–Crippen MR) is 233 cm³/mol. The molecule has 1 saturated carbocycles. The second-order valence-corrected chi connectivity index (χ2v) is 34.0. The molecular formula is C48H64O4S2Zr. The van der Waals surface area contributed by atoms with E-state index in [9.17, 15) is 10.2 Å². The van der Waals surface area contributed by atoms with Gasteiger partial charge in [0.1, 0.15) is 0 Å². The van der Waals surface area contributed by atoms with Gasteiger partial charge in [0.25, 0.3) is 0 Å². The Bertz CT molecular complexity index is 1980. The molecule has 1 aliphatic carbocycles. The molecule has 2 aliphatic rings. The number of hydrogen-bond donors (Lipinski definition) is 2. The summed E-state index contributed by atoms with van der Waals surface area (Å²) < 4.78 is 13.3. The molecule has 6 rings (SSSR count). The Morgan fingerprint density at radius 1 is 0.545 bits per heavy atom. The summed E-state index contributed by atoms with van der Waals surface area (Å²) in [5.41, 5.74) is 11.1. The van der Waals surface area contributed by atoms with Crippen molar-refractivity contribution in [3.8, 4) is 34.5 Å². The number of benzene rings is 4. The van der Waals surface area contributed by atoms with Crippen LogP contribution in [0.15, 0.2) is 48.5 Å². The van der Waals surface area contributed by atoms with Crippen LogP contribution in [0.2, 0.25) is 0 Å². The van der Waals surface area contributed by atoms with E-state index in [2.05, 4.69) is 132 Å². The van der Waals surface area contributed by atoms with Gasteiger partial charge in [-0.15, -0.1) is 0 Å². The van der Waals surface area contributed by atoms with Crippen molar-refractivity contribution < 1.29 is 38.8 Å². The minimum absolute atomic E-state index is 0.0885. The molecule has 2 N–H and O–H groups in total. The number of rotatable bonds is 8. The standard InChI is InChI=1S/C48H64O4S2.Zr/c1-29-19-31(3)45(32(4)20-29)51-39-25-37(47(7,8)9)23-35(43(39)49)27-53-41-17-15-13-14-16-18-42(41)54-28-36-24-38(48(10,11)12)26-40(44(36)50)52-46-33(5)21-30(2)22-34(46)6;/h19-26,41-42,49-50H,13-18,27-28H2,1-12H3;/t41-,42?;/m0./s1. The molecule has 4 aromatic rings. The van der Waals surface area contributed by atoms with Crippen molar-refractivity contribution in [2.24, 2.45) is 0 Å². The molecule has 0 radical (unpaired) electrons. The molecule has 4 aromatic carbocycles. The van der Waals surface area contributed by atoms with Gasteiger partial charge >= 0.3 is 346 Å². The fourth-order valence-corrected chi connectivity index (χ4v) is 37.3. The zero-order valence-electron chi connectivity index (χ0n) is 35.5. The van der Waals surface area contributed by atoms with E-state index in [1.165, 1.54) is 60.8 Å². The number of fused-ring (bicyclic) bond motifs is 1. The Balaban J connectivity index is 1.44. The summed E-state index contributed by atoms with van der Waals surface area (Å²) in [5.74, 6) is 5.33. The van der Waals surface area contributed by atoms with Crippen LogP contribution in [0.4, 0.5) is 0 Å². The average molecular weight is 860 g/mol. The van der Waals surface area contributed by atoms with Crippen LogP contribution in [0.1, 0.15) is 136 Å². The summed E-state index contributed by atoms with van der Waals surface area (Å²) in [4.78, 5) is 0. The first-order valence-corrected chi connectivity index (χ1v) is 29.1. The summed E-state index contributed by atoms with van der Waals surface area (Å²) in [6, 6.07) is 17.3. The SMILES string of the molecule is Cc1cc(C)c(Oc2cc(C(C)(C)C)cc(C[S]3=[Zr]=[S](Cc4cc(C(C)(C)C)cc(Oc5c(C)cc(C)cc5C)c4O)[C@H]4CCCCCCC43)c2O)c(C)c1. The molecule has 0 aromatic heterocycles. The van der Waals surface area contributed by atoms with Crippen molar-refractivity contribution in [3.63, 3.8) is 0 Å². The molecule has 4 atom stereocenters. The van der Waals surface area contributed by atoms with Gasteiger partial charge in [-0.05, 0) is 0 Å². The van der Waals surface area contributed by atoms with Crippen LogP contribution in [0, 0.1) is 41.5 Å². The number of aryl methyl sites for hydroxylation is 6. The quantitative estimate of drug-likeness (QED) is 0.185. The van der Waals surface area contributed by atoms with Crippen molar-refractivity contribution in [2.45, 2.75) is 154 Å². The predicted octanol–water partition coefficient (Wildman–Crippen LogP) is 14.4. The Labute approximate surface area is 343 Å². The molecule has 296 valence electrons. The second kappa shape index (κ2) is 16.9. The summed E-state index contributed by atoms with van der Waals surface area (Å²) in [6.45, 7) is 26.1. The van der Waals surface area contributed by atoms with Crippen molar-refractivity contribution in [1.29, 1.82) is 0 Å². The van der Waals surface area contributed by atoms with Gasteiger partial charge in [-0.3, -0.25) is 0 Å². The summed E-state index contributed by atoms with van der Waals surface area (Å²) in [5, 5.41) is 25.5. The van der Waals surface area contributed by atoms with Crippen LogP contribution in [0.3, 0.4) is 0 Å². The molecule has 7 heteroatoms. The Morgan fingerprint density at radius 2 is 0.891 bits per heavy atom. The molecule has 3 unspecified atom stereocenters. The van der Waals surface area contributed by atoms with E-state index in [1.807, 2.05) is 0 Å². The third-order valence-electron chi connectivity index (χ3n) is 11.4. The van der Waals surface area contributed by atoms with E-state index >= 15 is 0 Å². The second-order valence-electron chi connectivity index (χ2n) is 18.4.